The van der Waals surface area contributed by atoms with E-state index in [9.17, 15) is 0 Å². The Kier molecular flexibility index (Phi) is 5.89. The molecule has 0 unspecified atom stereocenters. The Hall–Kier alpha value is -4.10. The quantitative estimate of drug-likeness (QED) is 0.168. The number of hydrogen-bond donors (Lipinski definition) is 0. The molecule has 8 rings (SSSR count). The van der Waals surface area contributed by atoms with Gasteiger partial charge in [0.05, 0.1) is 22.1 Å². The average molecular weight is 722 g/mol. The van der Waals surface area contributed by atoms with Gasteiger partial charge in [-0.05, 0) is 41.8 Å². The summed E-state index contributed by atoms with van der Waals surface area (Å²) in [5.41, 5.74) is 8.66. The van der Waals surface area contributed by atoms with Gasteiger partial charge >= 0.3 is 31.1 Å². The van der Waals surface area contributed by atoms with Crippen molar-refractivity contribution in [3.05, 3.63) is 140 Å². The van der Waals surface area contributed by atoms with Crippen LogP contribution in [0, 0.1) is 43.4 Å². The maximum absolute atomic E-state index is 4.55. The Bertz CT molecular complexity index is 1890. The van der Waals surface area contributed by atoms with Crippen LogP contribution in [0.2, 0.25) is 0 Å². The van der Waals surface area contributed by atoms with E-state index in [0.717, 1.165) is 33.5 Å². The minimum Gasteiger partial charge on any atom is -0.369 e. The molecule has 5 aromatic carbocycles. The number of hydrogen-bond acceptors (Lipinski definition) is 1. The van der Waals surface area contributed by atoms with Crippen molar-refractivity contribution in [3.63, 3.8) is 0 Å². The van der Waals surface area contributed by atoms with Gasteiger partial charge in [-0.3, -0.25) is 0 Å². The molecule has 3 heterocycles. The average Bonchev–Trinajstić information content (AvgIpc) is 3.51. The third kappa shape index (κ3) is 3.75. The molecule has 0 aliphatic heterocycles. The third-order valence-corrected chi connectivity index (χ3v) is 7.43. The van der Waals surface area contributed by atoms with Gasteiger partial charge in [0.15, 0.2) is 0 Å². The molecule has 0 aliphatic carbocycles. The van der Waals surface area contributed by atoms with E-state index in [4.69, 9.17) is 0 Å². The van der Waals surface area contributed by atoms with Crippen molar-refractivity contribution in [2.45, 2.75) is 0 Å². The molecule has 0 aliphatic rings. The molecule has 0 amide bonds. The van der Waals surface area contributed by atoms with Crippen molar-refractivity contribution in [3.8, 4) is 22.5 Å². The van der Waals surface area contributed by atoms with E-state index in [-0.39, 0.29) is 31.1 Å². The van der Waals surface area contributed by atoms with Gasteiger partial charge in [-0.2, -0.15) is 24.3 Å². The molecule has 0 spiro atoms. The van der Waals surface area contributed by atoms with E-state index >= 15 is 0 Å². The van der Waals surface area contributed by atoms with Crippen molar-refractivity contribution in [2.75, 3.05) is 0 Å². The maximum atomic E-state index is 4.55. The van der Waals surface area contributed by atoms with Crippen LogP contribution in [-0.2, 0) is 0 Å². The SMILES string of the molecule is [U+2].[c-]1ccc(-n2c3ccccc3c3ccccc32)cc1-c1[c-]ncc(-n2c3ccccc3c3ccccc32)c1. The van der Waals surface area contributed by atoms with Crippen molar-refractivity contribution in [1.29, 1.82) is 0 Å². The first-order valence-corrected chi connectivity index (χ1v) is 12.7. The molecule has 0 saturated carbocycles. The van der Waals surface area contributed by atoms with Gasteiger partial charge < -0.3 is 14.1 Å². The van der Waals surface area contributed by atoms with Gasteiger partial charge in [-0.1, -0.05) is 79.0 Å². The summed E-state index contributed by atoms with van der Waals surface area (Å²) < 4.78 is 4.61. The monoisotopic (exact) mass is 721 g/mol. The standard InChI is InChI=1S/C35H21N3.U/c1-5-16-32-28(12-1)29-13-2-6-17-33(29)37(32)26-11-9-10-24(20-26)25-21-27(23-36-22-25)38-34-18-7-3-14-30(34)31-15-4-8-19-35(31)38;/h1-9,11-21,23H;/q-2;+2. The van der Waals surface area contributed by atoms with Gasteiger partial charge in [0, 0.05) is 21.5 Å². The van der Waals surface area contributed by atoms with Crippen molar-refractivity contribution in [2.24, 2.45) is 0 Å². The molecule has 3 aromatic heterocycles. The molecule has 0 radical (unpaired) electrons. The second-order valence-corrected chi connectivity index (χ2v) is 9.55. The minimum absolute atomic E-state index is 0. The van der Waals surface area contributed by atoms with E-state index in [0.29, 0.717) is 0 Å². The molecule has 0 saturated heterocycles. The summed E-state index contributed by atoms with van der Waals surface area (Å²) in [5.74, 6) is 0. The molecule has 0 bridgehead atoms. The summed E-state index contributed by atoms with van der Waals surface area (Å²) in [6, 6.07) is 46.1. The second-order valence-electron chi connectivity index (χ2n) is 9.55. The third-order valence-electron chi connectivity index (χ3n) is 7.43. The van der Waals surface area contributed by atoms with Crippen LogP contribution in [0.3, 0.4) is 0 Å². The van der Waals surface area contributed by atoms with Crippen molar-refractivity contribution in [1.82, 2.24) is 14.1 Å². The summed E-state index contributed by atoms with van der Waals surface area (Å²) in [5, 5.41) is 4.97. The molecule has 8 aromatic rings. The normalized spacial score (nSPS) is 11.4. The Balaban J connectivity index is 0.00000253. The van der Waals surface area contributed by atoms with E-state index < -0.39 is 0 Å². The number of nitrogens with zero attached hydrogens (tertiary/aromatic N) is 3. The second kappa shape index (κ2) is 9.58. The first-order chi connectivity index (χ1) is 18.9. The van der Waals surface area contributed by atoms with Crippen LogP contribution >= 0.6 is 0 Å². The molecule has 39 heavy (non-hydrogen) atoms. The maximum Gasteiger partial charge on any atom is 2.00 e. The van der Waals surface area contributed by atoms with Crippen LogP contribution in [0.1, 0.15) is 0 Å². The zero-order valence-corrected chi connectivity index (χ0v) is 25.1. The molecule has 0 atom stereocenters. The Morgan fingerprint density at radius 2 is 0.923 bits per heavy atom. The van der Waals surface area contributed by atoms with Gasteiger partial charge in [-0.15, -0.1) is 6.07 Å². The fourth-order valence-electron chi connectivity index (χ4n) is 5.80. The van der Waals surface area contributed by atoms with Crippen LogP contribution < -0.4 is 0 Å². The van der Waals surface area contributed by atoms with E-state index in [1.54, 1.807) is 0 Å². The predicted octanol–water partition coefficient (Wildman–Crippen LogP) is 8.54. The molecule has 180 valence electrons. The van der Waals surface area contributed by atoms with Gasteiger partial charge in [0.2, 0.25) is 0 Å². The summed E-state index contributed by atoms with van der Waals surface area (Å²) in [4.78, 5) is 4.55. The summed E-state index contributed by atoms with van der Waals surface area (Å²) in [7, 11) is 0. The molecule has 3 nitrogen and oxygen atoms in total. The smallest absolute Gasteiger partial charge is 0.369 e. The topological polar surface area (TPSA) is 22.8 Å². The van der Waals surface area contributed by atoms with E-state index in [2.05, 4.69) is 142 Å². The van der Waals surface area contributed by atoms with E-state index in [1.807, 2.05) is 12.3 Å². The number of fused-ring (bicyclic) bond motifs is 6. The summed E-state index contributed by atoms with van der Waals surface area (Å²) in [6.07, 6.45) is 5.11. The number of para-hydroxylation sites is 4. The van der Waals surface area contributed by atoms with Gasteiger partial charge in [0.1, 0.15) is 0 Å². The number of aromatic nitrogens is 3. The van der Waals surface area contributed by atoms with Crippen molar-refractivity contribution >= 4 is 43.6 Å². The van der Waals surface area contributed by atoms with E-state index in [1.165, 1.54) is 32.6 Å². The Labute approximate surface area is 249 Å². The fraction of sp³-hybridized carbons (Fsp3) is 0. The van der Waals surface area contributed by atoms with Gasteiger partial charge in [0.25, 0.3) is 0 Å². The minimum atomic E-state index is 0. The molecule has 0 N–H and O–H groups in total. The number of benzene rings is 5. The largest absolute Gasteiger partial charge is 2.00 e. The first kappa shape index (κ1) is 24.0. The van der Waals surface area contributed by atoms with Crippen LogP contribution in [-0.4, -0.2) is 14.1 Å². The van der Waals surface area contributed by atoms with Crippen molar-refractivity contribution < 1.29 is 31.1 Å². The first-order valence-electron chi connectivity index (χ1n) is 12.7. The molecular weight excluding hydrogens is 700 g/mol. The zero-order chi connectivity index (χ0) is 25.1. The Morgan fingerprint density at radius 1 is 0.487 bits per heavy atom. The number of pyridine rings is 1. The predicted molar refractivity (Wildman–Crippen MR) is 156 cm³/mol. The van der Waals surface area contributed by atoms with Crippen LogP contribution in [0.5, 0.6) is 0 Å². The van der Waals surface area contributed by atoms with Crippen LogP contribution in [0.4, 0.5) is 0 Å². The van der Waals surface area contributed by atoms with Crippen LogP contribution in [0.25, 0.3) is 66.1 Å². The van der Waals surface area contributed by atoms with Gasteiger partial charge in [-0.25, -0.2) is 11.1 Å². The molecular formula is C35H21N3U. The Morgan fingerprint density at radius 3 is 1.44 bits per heavy atom. The fourth-order valence-corrected chi connectivity index (χ4v) is 5.80. The number of rotatable bonds is 3. The molecule has 0 fully saturated rings. The van der Waals surface area contributed by atoms with Crippen LogP contribution in [0.15, 0.2) is 128 Å². The zero-order valence-electron chi connectivity index (χ0n) is 21.0. The molecule has 4 heteroatoms. The summed E-state index contributed by atoms with van der Waals surface area (Å²) in [6.45, 7) is 0. The summed E-state index contributed by atoms with van der Waals surface area (Å²) >= 11 is 0.